The lowest BCUT2D eigenvalue weighted by Crippen LogP contribution is -2.06. The van der Waals surface area contributed by atoms with E-state index in [1.165, 1.54) is 12.1 Å². The van der Waals surface area contributed by atoms with Gasteiger partial charge < -0.3 is 14.8 Å². The van der Waals surface area contributed by atoms with Crippen molar-refractivity contribution >= 4 is 11.4 Å². The SMILES string of the molecule is N#Cc1cc([N+](=O)[O-])ccc1NCCc1ccc2c(c1)OCO2. The van der Waals surface area contributed by atoms with E-state index in [0.29, 0.717) is 12.2 Å². The molecule has 7 heteroatoms. The molecule has 1 N–H and O–H groups in total. The molecule has 0 spiro atoms. The number of anilines is 1. The van der Waals surface area contributed by atoms with E-state index in [2.05, 4.69) is 5.32 Å². The number of benzene rings is 2. The quantitative estimate of drug-likeness (QED) is 0.673. The van der Waals surface area contributed by atoms with Crippen LogP contribution < -0.4 is 14.8 Å². The summed E-state index contributed by atoms with van der Waals surface area (Å²) in [4.78, 5) is 10.2. The molecule has 0 bridgehead atoms. The van der Waals surface area contributed by atoms with Crippen molar-refractivity contribution in [3.8, 4) is 17.6 Å². The maximum atomic E-state index is 10.7. The Bertz CT molecular complexity index is 798. The first kappa shape index (κ1) is 14.7. The first-order valence-corrected chi connectivity index (χ1v) is 6.98. The van der Waals surface area contributed by atoms with Gasteiger partial charge in [0.15, 0.2) is 11.5 Å². The molecule has 1 heterocycles. The van der Waals surface area contributed by atoms with Crippen LogP contribution in [0.2, 0.25) is 0 Å². The maximum Gasteiger partial charge on any atom is 0.270 e. The molecule has 1 aliphatic rings. The van der Waals surface area contributed by atoms with Crippen LogP contribution in [-0.2, 0) is 6.42 Å². The minimum Gasteiger partial charge on any atom is -0.454 e. The van der Waals surface area contributed by atoms with Crippen LogP contribution in [0.1, 0.15) is 11.1 Å². The van der Waals surface area contributed by atoms with Crippen molar-refractivity contribution in [1.82, 2.24) is 0 Å². The van der Waals surface area contributed by atoms with Gasteiger partial charge >= 0.3 is 0 Å². The second kappa shape index (κ2) is 6.23. The number of non-ortho nitro benzene ring substituents is 1. The van der Waals surface area contributed by atoms with Crippen LogP contribution in [0.15, 0.2) is 36.4 Å². The van der Waals surface area contributed by atoms with E-state index in [-0.39, 0.29) is 18.0 Å². The highest BCUT2D eigenvalue weighted by Gasteiger charge is 2.13. The van der Waals surface area contributed by atoms with Gasteiger partial charge in [-0.25, -0.2) is 0 Å². The van der Waals surface area contributed by atoms with Gasteiger partial charge in [-0.15, -0.1) is 0 Å². The Balaban J connectivity index is 1.65. The zero-order valence-corrected chi connectivity index (χ0v) is 12.1. The summed E-state index contributed by atoms with van der Waals surface area (Å²) in [5.41, 5.74) is 1.81. The number of nitriles is 1. The highest BCUT2D eigenvalue weighted by Crippen LogP contribution is 2.32. The molecule has 0 aromatic heterocycles. The molecule has 3 rings (SSSR count). The van der Waals surface area contributed by atoms with Crippen molar-refractivity contribution in [2.45, 2.75) is 6.42 Å². The Morgan fingerprint density at radius 1 is 1.22 bits per heavy atom. The van der Waals surface area contributed by atoms with Crippen LogP contribution in [0.3, 0.4) is 0 Å². The van der Waals surface area contributed by atoms with Gasteiger partial charge in [-0.3, -0.25) is 10.1 Å². The molecule has 0 amide bonds. The molecule has 23 heavy (non-hydrogen) atoms. The number of rotatable bonds is 5. The zero-order valence-electron chi connectivity index (χ0n) is 12.1. The highest BCUT2D eigenvalue weighted by molar-refractivity contribution is 5.61. The molecule has 2 aromatic carbocycles. The molecule has 0 fully saturated rings. The fraction of sp³-hybridized carbons (Fsp3) is 0.188. The van der Waals surface area contributed by atoms with Gasteiger partial charge in [0, 0.05) is 18.7 Å². The third kappa shape index (κ3) is 3.16. The zero-order chi connectivity index (χ0) is 16.2. The van der Waals surface area contributed by atoms with Gasteiger partial charge in [0.05, 0.1) is 16.2 Å². The number of ether oxygens (including phenoxy) is 2. The molecule has 116 valence electrons. The topological polar surface area (TPSA) is 97.4 Å². The molecule has 0 aliphatic carbocycles. The Morgan fingerprint density at radius 3 is 2.83 bits per heavy atom. The Morgan fingerprint density at radius 2 is 2.04 bits per heavy atom. The normalized spacial score (nSPS) is 11.8. The molecule has 1 aliphatic heterocycles. The standard InChI is InChI=1S/C16H13N3O4/c17-9-12-8-13(19(20)21)2-3-14(12)18-6-5-11-1-4-15-16(7-11)23-10-22-15/h1-4,7-8,18H,5-6,10H2. The van der Waals surface area contributed by atoms with Crippen LogP contribution in [0.25, 0.3) is 0 Å². The maximum absolute atomic E-state index is 10.7. The lowest BCUT2D eigenvalue weighted by Gasteiger charge is -2.08. The third-order valence-corrected chi connectivity index (χ3v) is 3.50. The number of nitrogens with zero attached hydrogens (tertiary/aromatic N) is 2. The summed E-state index contributed by atoms with van der Waals surface area (Å²) >= 11 is 0. The van der Waals surface area contributed by atoms with Crippen LogP contribution in [0, 0.1) is 21.4 Å². The average molecular weight is 311 g/mol. The van der Waals surface area contributed by atoms with Crippen LogP contribution in [0.4, 0.5) is 11.4 Å². The van der Waals surface area contributed by atoms with Crippen molar-refractivity contribution in [2.24, 2.45) is 0 Å². The summed E-state index contributed by atoms with van der Waals surface area (Å²) in [7, 11) is 0. The predicted molar refractivity (Wildman–Crippen MR) is 82.6 cm³/mol. The summed E-state index contributed by atoms with van der Waals surface area (Å²) in [5, 5.41) is 23.0. The number of hydrogen-bond donors (Lipinski definition) is 1. The van der Waals surface area contributed by atoms with Crippen LogP contribution >= 0.6 is 0 Å². The van der Waals surface area contributed by atoms with Crippen molar-refractivity contribution in [2.75, 3.05) is 18.7 Å². The van der Waals surface area contributed by atoms with Gasteiger partial charge in [0.1, 0.15) is 6.07 Å². The van der Waals surface area contributed by atoms with Crippen molar-refractivity contribution in [3.05, 3.63) is 57.6 Å². The van der Waals surface area contributed by atoms with Crippen molar-refractivity contribution in [1.29, 1.82) is 5.26 Å². The fourth-order valence-electron chi connectivity index (χ4n) is 2.33. The summed E-state index contributed by atoms with van der Waals surface area (Å²) in [5.74, 6) is 1.47. The van der Waals surface area contributed by atoms with Crippen LogP contribution in [0.5, 0.6) is 11.5 Å². The molecular formula is C16H13N3O4. The molecule has 0 radical (unpaired) electrons. The smallest absolute Gasteiger partial charge is 0.270 e. The molecular weight excluding hydrogens is 298 g/mol. The van der Waals surface area contributed by atoms with Crippen LogP contribution in [-0.4, -0.2) is 18.3 Å². The van der Waals surface area contributed by atoms with E-state index in [1.54, 1.807) is 6.07 Å². The molecule has 0 saturated heterocycles. The average Bonchev–Trinajstić information content (AvgIpc) is 3.02. The summed E-state index contributed by atoms with van der Waals surface area (Å²) in [6, 6.07) is 11.9. The molecule has 2 aromatic rings. The summed E-state index contributed by atoms with van der Waals surface area (Å²) < 4.78 is 10.6. The van der Waals surface area contributed by atoms with Crippen molar-refractivity contribution < 1.29 is 14.4 Å². The lowest BCUT2D eigenvalue weighted by atomic mass is 10.1. The monoisotopic (exact) mass is 311 g/mol. The first-order valence-electron chi connectivity index (χ1n) is 6.98. The van der Waals surface area contributed by atoms with Gasteiger partial charge in [-0.05, 0) is 30.2 Å². The fourth-order valence-corrected chi connectivity index (χ4v) is 2.33. The number of fused-ring (bicyclic) bond motifs is 1. The number of hydrogen-bond acceptors (Lipinski definition) is 6. The molecule has 7 nitrogen and oxygen atoms in total. The Kier molecular flexibility index (Phi) is 3.97. The number of nitro benzene ring substituents is 1. The number of nitrogens with one attached hydrogen (secondary N) is 1. The minimum atomic E-state index is -0.517. The van der Waals surface area contributed by atoms with E-state index in [1.807, 2.05) is 24.3 Å². The number of nitro groups is 1. The summed E-state index contributed by atoms with van der Waals surface area (Å²) in [6.45, 7) is 0.831. The molecule has 0 unspecified atom stereocenters. The third-order valence-electron chi connectivity index (χ3n) is 3.50. The van der Waals surface area contributed by atoms with Crippen molar-refractivity contribution in [3.63, 3.8) is 0 Å². The van der Waals surface area contributed by atoms with E-state index in [4.69, 9.17) is 14.7 Å². The lowest BCUT2D eigenvalue weighted by molar-refractivity contribution is -0.384. The predicted octanol–water partition coefficient (Wildman–Crippen LogP) is 2.85. The van der Waals surface area contributed by atoms with Gasteiger partial charge in [0.2, 0.25) is 6.79 Å². The molecule has 0 saturated carbocycles. The largest absolute Gasteiger partial charge is 0.454 e. The van der Waals surface area contributed by atoms with Gasteiger partial charge in [0.25, 0.3) is 5.69 Å². The second-order valence-electron chi connectivity index (χ2n) is 4.96. The first-order chi connectivity index (χ1) is 11.2. The van der Waals surface area contributed by atoms with E-state index in [9.17, 15) is 10.1 Å². The minimum absolute atomic E-state index is 0.0946. The van der Waals surface area contributed by atoms with E-state index < -0.39 is 4.92 Å². The van der Waals surface area contributed by atoms with Gasteiger partial charge in [-0.1, -0.05) is 6.07 Å². The summed E-state index contributed by atoms with van der Waals surface area (Å²) in [6.07, 6.45) is 0.721. The van der Waals surface area contributed by atoms with E-state index in [0.717, 1.165) is 23.5 Å². The van der Waals surface area contributed by atoms with Gasteiger partial charge in [-0.2, -0.15) is 5.26 Å². The Labute approximate surface area is 132 Å². The second-order valence-corrected chi connectivity index (χ2v) is 4.96. The molecule has 0 atom stereocenters. The Hall–Kier alpha value is -3.27. The highest BCUT2D eigenvalue weighted by atomic mass is 16.7. The van der Waals surface area contributed by atoms with E-state index >= 15 is 0 Å².